The van der Waals surface area contributed by atoms with Gasteiger partial charge in [0, 0.05) is 17.1 Å². The van der Waals surface area contributed by atoms with Crippen molar-refractivity contribution in [2.75, 3.05) is 4.90 Å². The van der Waals surface area contributed by atoms with Gasteiger partial charge in [0.25, 0.3) is 0 Å². The Balaban J connectivity index is 1.03. The first-order chi connectivity index (χ1) is 29.8. The van der Waals surface area contributed by atoms with Crippen LogP contribution in [0.4, 0.5) is 17.1 Å². The zero-order valence-electron chi connectivity index (χ0n) is 33.1. The van der Waals surface area contributed by atoms with Crippen LogP contribution in [0.1, 0.15) is 22.3 Å². The number of hydrogen-bond acceptors (Lipinski definition) is 1. The Morgan fingerprint density at radius 1 is 0.267 bits per heavy atom. The molecule has 0 spiro atoms. The molecule has 1 aliphatic rings. The lowest BCUT2D eigenvalue weighted by atomic mass is 9.67. The molecule has 0 radical (unpaired) electrons. The molecule has 0 fully saturated rings. The average Bonchev–Trinajstić information content (AvgIpc) is 3.63. The summed E-state index contributed by atoms with van der Waals surface area (Å²) in [5.41, 5.74) is 17.8. The third-order valence-electron chi connectivity index (χ3n) is 12.4. The Hall–Kier alpha value is -7.74. The average molecular weight is 764 g/mol. The van der Waals surface area contributed by atoms with Crippen molar-refractivity contribution in [3.63, 3.8) is 0 Å². The summed E-state index contributed by atoms with van der Waals surface area (Å²) in [6, 6.07) is 90.9. The fourth-order valence-electron chi connectivity index (χ4n) is 9.60. The van der Waals surface area contributed by atoms with E-state index < -0.39 is 5.41 Å². The molecule has 60 heavy (non-hydrogen) atoms. The third-order valence-corrected chi connectivity index (χ3v) is 12.4. The lowest BCUT2D eigenvalue weighted by Crippen LogP contribution is -2.28. The maximum absolute atomic E-state index is 2.44. The molecule has 0 aromatic heterocycles. The first kappa shape index (κ1) is 35.4. The molecule has 0 aliphatic heterocycles. The van der Waals surface area contributed by atoms with Gasteiger partial charge in [-0.3, -0.25) is 0 Å². The van der Waals surface area contributed by atoms with Crippen LogP contribution in [0.25, 0.3) is 55.3 Å². The zero-order valence-corrected chi connectivity index (χ0v) is 33.1. The van der Waals surface area contributed by atoms with Crippen LogP contribution in [-0.2, 0) is 5.41 Å². The molecule has 0 N–H and O–H groups in total. The Bertz CT molecular complexity index is 3070. The Morgan fingerprint density at radius 3 is 1.45 bits per heavy atom. The van der Waals surface area contributed by atoms with Gasteiger partial charge < -0.3 is 4.90 Å². The van der Waals surface area contributed by atoms with Crippen molar-refractivity contribution in [3.05, 3.63) is 271 Å². The molecule has 0 atom stereocenters. The van der Waals surface area contributed by atoms with Crippen LogP contribution in [0.15, 0.2) is 249 Å². The molecule has 0 bridgehead atoms. The third kappa shape index (κ3) is 5.94. The highest BCUT2D eigenvalue weighted by atomic mass is 15.1. The largest absolute Gasteiger partial charge is 0.310 e. The van der Waals surface area contributed by atoms with Gasteiger partial charge in [0.15, 0.2) is 0 Å². The van der Waals surface area contributed by atoms with Crippen LogP contribution in [0.2, 0.25) is 0 Å². The molecule has 0 unspecified atom stereocenters. The smallest absolute Gasteiger partial charge is 0.0713 e. The summed E-state index contributed by atoms with van der Waals surface area (Å²) >= 11 is 0. The van der Waals surface area contributed by atoms with Crippen molar-refractivity contribution in [2.45, 2.75) is 5.41 Å². The number of nitrogens with zero attached hydrogens (tertiary/aromatic N) is 1. The van der Waals surface area contributed by atoms with E-state index in [1.165, 1.54) is 77.5 Å². The van der Waals surface area contributed by atoms with Gasteiger partial charge in [-0.05, 0) is 120 Å². The number of anilines is 3. The summed E-state index contributed by atoms with van der Waals surface area (Å²) in [4.78, 5) is 2.38. The molecule has 0 saturated carbocycles. The van der Waals surface area contributed by atoms with Gasteiger partial charge in [-0.1, -0.05) is 206 Å². The quantitative estimate of drug-likeness (QED) is 0.149. The second kappa shape index (κ2) is 14.9. The van der Waals surface area contributed by atoms with E-state index in [2.05, 4.69) is 254 Å². The molecule has 0 heterocycles. The number of benzene rings is 10. The maximum atomic E-state index is 2.44. The lowest BCUT2D eigenvalue weighted by Gasteiger charge is -2.34. The number of hydrogen-bond donors (Lipinski definition) is 0. The fourth-order valence-corrected chi connectivity index (χ4v) is 9.60. The first-order valence-corrected chi connectivity index (χ1v) is 20.8. The van der Waals surface area contributed by atoms with E-state index in [0.717, 1.165) is 17.1 Å². The summed E-state index contributed by atoms with van der Waals surface area (Å²) in [7, 11) is 0. The van der Waals surface area contributed by atoms with Crippen molar-refractivity contribution in [1.29, 1.82) is 0 Å². The monoisotopic (exact) mass is 763 g/mol. The normalized spacial score (nSPS) is 12.5. The SMILES string of the molecule is c1ccc(-c2ccc(N(c3ccc(-c4ccc5c(c4)C(c4ccccc4)(c4ccccc4)c4ccccc4-5)cc3)c3cccc(-c4cccc5ccccc45)c3)cc2)cc1. The van der Waals surface area contributed by atoms with Crippen LogP contribution in [0, 0.1) is 0 Å². The van der Waals surface area contributed by atoms with E-state index in [4.69, 9.17) is 0 Å². The molecule has 11 rings (SSSR count). The predicted octanol–water partition coefficient (Wildman–Crippen LogP) is 15.7. The van der Waals surface area contributed by atoms with E-state index in [0.29, 0.717) is 0 Å². The van der Waals surface area contributed by atoms with Crippen LogP contribution < -0.4 is 4.90 Å². The second-order valence-electron chi connectivity index (χ2n) is 15.7. The minimum Gasteiger partial charge on any atom is -0.310 e. The minimum atomic E-state index is -0.442. The van der Waals surface area contributed by atoms with E-state index >= 15 is 0 Å². The summed E-state index contributed by atoms with van der Waals surface area (Å²) < 4.78 is 0. The lowest BCUT2D eigenvalue weighted by molar-refractivity contribution is 0.769. The van der Waals surface area contributed by atoms with Gasteiger partial charge in [0.05, 0.1) is 5.41 Å². The molecular formula is C59H41N. The van der Waals surface area contributed by atoms with Crippen molar-refractivity contribution < 1.29 is 0 Å². The molecule has 10 aromatic rings. The molecular weight excluding hydrogens is 723 g/mol. The highest BCUT2D eigenvalue weighted by molar-refractivity contribution is 5.97. The van der Waals surface area contributed by atoms with E-state index in [1.54, 1.807) is 0 Å². The standard InChI is InChI=1S/C59H41N/c1-4-16-42(17-5-1)43-30-35-50(36-31-43)60(52-25-14-20-47(40-52)54-28-15-19-45-18-10-11-26-53(45)54)51-37-32-44(33-38-51)46-34-39-56-55-27-12-13-29-57(55)59(58(56)41-46,48-21-6-2-7-22-48)49-23-8-3-9-24-49/h1-41H. The van der Waals surface area contributed by atoms with Crippen LogP contribution in [-0.4, -0.2) is 0 Å². The van der Waals surface area contributed by atoms with Gasteiger partial charge in [-0.2, -0.15) is 0 Å². The molecule has 0 amide bonds. The summed E-state index contributed by atoms with van der Waals surface area (Å²) in [5.74, 6) is 0. The highest BCUT2D eigenvalue weighted by Gasteiger charge is 2.46. The summed E-state index contributed by atoms with van der Waals surface area (Å²) in [5, 5.41) is 2.49. The zero-order chi connectivity index (χ0) is 39.9. The molecule has 282 valence electrons. The molecule has 0 saturated heterocycles. The Morgan fingerprint density at radius 2 is 0.750 bits per heavy atom. The van der Waals surface area contributed by atoms with Crippen molar-refractivity contribution >= 4 is 27.8 Å². The fraction of sp³-hybridized carbons (Fsp3) is 0.0169. The maximum Gasteiger partial charge on any atom is 0.0713 e. The van der Waals surface area contributed by atoms with Gasteiger partial charge in [-0.25, -0.2) is 0 Å². The van der Waals surface area contributed by atoms with Crippen molar-refractivity contribution in [2.24, 2.45) is 0 Å². The number of rotatable bonds is 8. The first-order valence-electron chi connectivity index (χ1n) is 20.8. The van der Waals surface area contributed by atoms with Crippen LogP contribution in [0.5, 0.6) is 0 Å². The van der Waals surface area contributed by atoms with Crippen molar-refractivity contribution in [1.82, 2.24) is 0 Å². The highest BCUT2D eigenvalue weighted by Crippen LogP contribution is 2.56. The van der Waals surface area contributed by atoms with Gasteiger partial charge in [-0.15, -0.1) is 0 Å². The van der Waals surface area contributed by atoms with Crippen LogP contribution in [0.3, 0.4) is 0 Å². The topological polar surface area (TPSA) is 3.24 Å². The minimum absolute atomic E-state index is 0.442. The Kier molecular flexibility index (Phi) is 8.79. The van der Waals surface area contributed by atoms with Gasteiger partial charge in [0.2, 0.25) is 0 Å². The van der Waals surface area contributed by atoms with E-state index in [-0.39, 0.29) is 0 Å². The Labute approximate surface area is 352 Å². The molecule has 1 heteroatoms. The molecule has 1 aliphatic carbocycles. The van der Waals surface area contributed by atoms with Crippen molar-refractivity contribution in [3.8, 4) is 44.5 Å². The van der Waals surface area contributed by atoms with Crippen LogP contribution >= 0.6 is 0 Å². The molecule has 1 nitrogen and oxygen atoms in total. The van der Waals surface area contributed by atoms with E-state index in [9.17, 15) is 0 Å². The van der Waals surface area contributed by atoms with E-state index in [1.807, 2.05) is 0 Å². The molecule has 10 aromatic carbocycles. The summed E-state index contributed by atoms with van der Waals surface area (Å²) in [6.45, 7) is 0. The summed E-state index contributed by atoms with van der Waals surface area (Å²) in [6.07, 6.45) is 0. The predicted molar refractivity (Wildman–Crippen MR) is 252 cm³/mol. The van der Waals surface area contributed by atoms with Gasteiger partial charge in [0.1, 0.15) is 0 Å². The number of fused-ring (bicyclic) bond motifs is 4. The van der Waals surface area contributed by atoms with Gasteiger partial charge >= 0.3 is 0 Å². The second-order valence-corrected chi connectivity index (χ2v) is 15.7.